The standard InChI is InChI=1S/C13H20N4O2/c1-9-7-17(8-13(2,3)19-9)11-6-15-5-4-10(11)12(14)16-18/h4-6,9,18H,7-8H2,1-3H3,(H2,14,16). The highest BCUT2D eigenvalue weighted by molar-refractivity contribution is 6.02. The van der Waals surface area contributed by atoms with Crippen molar-refractivity contribution in [3.63, 3.8) is 0 Å². The first-order valence-corrected chi connectivity index (χ1v) is 6.27. The number of amidine groups is 1. The van der Waals surface area contributed by atoms with Gasteiger partial charge in [-0.05, 0) is 26.8 Å². The predicted molar refractivity (Wildman–Crippen MR) is 73.6 cm³/mol. The molecular formula is C13H20N4O2. The Morgan fingerprint density at radius 1 is 1.63 bits per heavy atom. The topological polar surface area (TPSA) is 84.0 Å². The maximum absolute atomic E-state index is 8.87. The first-order chi connectivity index (χ1) is 8.93. The van der Waals surface area contributed by atoms with E-state index in [9.17, 15) is 0 Å². The Bertz CT molecular complexity index is 487. The fraction of sp³-hybridized carbons (Fsp3) is 0.538. The molecule has 2 heterocycles. The second-order valence-electron chi connectivity index (χ2n) is 5.45. The van der Waals surface area contributed by atoms with E-state index in [-0.39, 0.29) is 17.5 Å². The number of rotatable bonds is 2. The fourth-order valence-electron chi connectivity index (χ4n) is 2.55. The summed E-state index contributed by atoms with van der Waals surface area (Å²) in [5.41, 5.74) is 7.02. The Balaban J connectivity index is 2.36. The quantitative estimate of drug-likeness (QED) is 0.363. The number of ether oxygens (including phenoxy) is 1. The lowest BCUT2D eigenvalue weighted by Crippen LogP contribution is -2.52. The molecule has 0 radical (unpaired) electrons. The molecule has 1 aliphatic rings. The van der Waals surface area contributed by atoms with Gasteiger partial charge >= 0.3 is 0 Å². The maximum atomic E-state index is 8.87. The average molecular weight is 264 g/mol. The molecule has 1 atom stereocenters. The minimum Gasteiger partial charge on any atom is -0.409 e. The van der Waals surface area contributed by atoms with Crippen LogP contribution in [-0.4, -0.2) is 40.8 Å². The van der Waals surface area contributed by atoms with Crippen LogP contribution in [0.3, 0.4) is 0 Å². The summed E-state index contributed by atoms with van der Waals surface area (Å²) in [5.74, 6) is 0.0920. The van der Waals surface area contributed by atoms with Gasteiger partial charge in [0.05, 0.1) is 23.6 Å². The zero-order valence-corrected chi connectivity index (χ0v) is 11.5. The van der Waals surface area contributed by atoms with Crippen LogP contribution in [0.25, 0.3) is 0 Å². The van der Waals surface area contributed by atoms with Crippen LogP contribution in [-0.2, 0) is 4.74 Å². The van der Waals surface area contributed by atoms with Crippen molar-refractivity contribution >= 4 is 11.5 Å². The van der Waals surface area contributed by atoms with Gasteiger partial charge in [0.15, 0.2) is 5.84 Å². The van der Waals surface area contributed by atoms with Gasteiger partial charge in [0, 0.05) is 24.8 Å². The zero-order valence-electron chi connectivity index (χ0n) is 11.5. The van der Waals surface area contributed by atoms with Crippen molar-refractivity contribution in [1.29, 1.82) is 0 Å². The lowest BCUT2D eigenvalue weighted by atomic mass is 10.0. The molecule has 0 aromatic carbocycles. The lowest BCUT2D eigenvalue weighted by molar-refractivity contribution is -0.0749. The van der Waals surface area contributed by atoms with E-state index in [1.54, 1.807) is 18.5 Å². The van der Waals surface area contributed by atoms with Crippen LogP contribution >= 0.6 is 0 Å². The monoisotopic (exact) mass is 264 g/mol. The van der Waals surface area contributed by atoms with Crippen LogP contribution in [0.5, 0.6) is 0 Å². The first-order valence-electron chi connectivity index (χ1n) is 6.27. The lowest BCUT2D eigenvalue weighted by Gasteiger charge is -2.43. The first kappa shape index (κ1) is 13.6. The van der Waals surface area contributed by atoms with Gasteiger partial charge in [-0.1, -0.05) is 5.16 Å². The molecule has 104 valence electrons. The molecule has 2 rings (SSSR count). The highest BCUT2D eigenvalue weighted by Gasteiger charge is 2.32. The number of aromatic nitrogens is 1. The third-order valence-electron chi connectivity index (χ3n) is 3.09. The van der Waals surface area contributed by atoms with Crippen LogP contribution in [0.2, 0.25) is 0 Å². The summed E-state index contributed by atoms with van der Waals surface area (Å²) < 4.78 is 5.88. The third kappa shape index (κ3) is 2.96. The van der Waals surface area contributed by atoms with Gasteiger partial charge in [0.25, 0.3) is 0 Å². The average Bonchev–Trinajstić information content (AvgIpc) is 2.35. The molecule has 0 aliphatic carbocycles. The van der Waals surface area contributed by atoms with Crippen LogP contribution < -0.4 is 10.6 Å². The van der Waals surface area contributed by atoms with Gasteiger partial charge in [-0.25, -0.2) is 0 Å². The van der Waals surface area contributed by atoms with Gasteiger partial charge in [-0.3, -0.25) is 4.98 Å². The Labute approximate surface area is 112 Å². The number of pyridine rings is 1. The summed E-state index contributed by atoms with van der Waals surface area (Å²) >= 11 is 0. The van der Waals surface area contributed by atoms with E-state index >= 15 is 0 Å². The third-order valence-corrected chi connectivity index (χ3v) is 3.09. The summed E-state index contributed by atoms with van der Waals surface area (Å²) in [5, 5.41) is 11.9. The smallest absolute Gasteiger partial charge is 0.172 e. The molecule has 0 bridgehead atoms. The number of anilines is 1. The molecule has 1 saturated heterocycles. The van der Waals surface area contributed by atoms with E-state index in [4.69, 9.17) is 15.7 Å². The van der Waals surface area contributed by atoms with Crippen molar-refractivity contribution in [1.82, 2.24) is 4.98 Å². The van der Waals surface area contributed by atoms with Crippen LogP contribution in [0, 0.1) is 0 Å². The highest BCUT2D eigenvalue weighted by atomic mass is 16.5. The second-order valence-corrected chi connectivity index (χ2v) is 5.45. The molecule has 1 aromatic rings. The van der Waals surface area contributed by atoms with Crippen molar-refractivity contribution in [3.05, 3.63) is 24.0 Å². The normalized spacial score (nSPS) is 23.4. The Morgan fingerprint density at radius 2 is 2.37 bits per heavy atom. The summed E-state index contributed by atoms with van der Waals surface area (Å²) in [6, 6.07) is 1.75. The van der Waals surface area contributed by atoms with Crippen LogP contribution in [0.4, 0.5) is 5.69 Å². The molecule has 3 N–H and O–H groups in total. The van der Waals surface area contributed by atoms with Crippen molar-refractivity contribution in [2.75, 3.05) is 18.0 Å². The summed E-state index contributed by atoms with van der Waals surface area (Å²) in [6.07, 6.45) is 3.48. The van der Waals surface area contributed by atoms with E-state index in [0.29, 0.717) is 5.56 Å². The van der Waals surface area contributed by atoms with E-state index in [0.717, 1.165) is 18.8 Å². The minimum absolute atomic E-state index is 0.0920. The van der Waals surface area contributed by atoms with Crippen molar-refractivity contribution < 1.29 is 9.94 Å². The Kier molecular flexibility index (Phi) is 3.61. The number of morpholine rings is 1. The summed E-state index contributed by atoms with van der Waals surface area (Å²) in [6.45, 7) is 7.62. The SMILES string of the molecule is CC1CN(c2cnccc2/C(N)=N/O)CC(C)(C)O1. The van der Waals surface area contributed by atoms with Gasteiger partial charge in [-0.15, -0.1) is 0 Å². The molecule has 0 saturated carbocycles. The zero-order chi connectivity index (χ0) is 14.0. The van der Waals surface area contributed by atoms with Crippen molar-refractivity contribution in [3.8, 4) is 0 Å². The van der Waals surface area contributed by atoms with Crippen LogP contribution in [0.15, 0.2) is 23.6 Å². The second kappa shape index (κ2) is 5.05. The summed E-state index contributed by atoms with van der Waals surface area (Å²) in [4.78, 5) is 6.30. The minimum atomic E-state index is -0.240. The van der Waals surface area contributed by atoms with Crippen molar-refractivity contribution in [2.24, 2.45) is 10.9 Å². The maximum Gasteiger partial charge on any atom is 0.172 e. The number of nitrogens with zero attached hydrogens (tertiary/aromatic N) is 3. The molecule has 1 aromatic heterocycles. The number of hydrogen-bond donors (Lipinski definition) is 2. The molecule has 1 aliphatic heterocycles. The largest absolute Gasteiger partial charge is 0.409 e. The molecule has 6 nitrogen and oxygen atoms in total. The van der Waals surface area contributed by atoms with Gasteiger partial charge in [0.2, 0.25) is 0 Å². The predicted octanol–water partition coefficient (Wildman–Crippen LogP) is 1.18. The summed E-state index contributed by atoms with van der Waals surface area (Å²) in [7, 11) is 0. The van der Waals surface area contributed by atoms with Gasteiger partial charge < -0.3 is 20.6 Å². The molecule has 0 spiro atoms. The number of hydrogen-bond acceptors (Lipinski definition) is 5. The highest BCUT2D eigenvalue weighted by Crippen LogP contribution is 2.27. The molecule has 1 fully saturated rings. The van der Waals surface area contributed by atoms with Gasteiger partial charge in [-0.2, -0.15) is 0 Å². The molecular weight excluding hydrogens is 244 g/mol. The number of oxime groups is 1. The van der Waals surface area contributed by atoms with Crippen LogP contribution in [0.1, 0.15) is 26.3 Å². The Hall–Kier alpha value is -1.82. The molecule has 1 unspecified atom stereocenters. The fourth-order valence-corrected chi connectivity index (χ4v) is 2.55. The van der Waals surface area contributed by atoms with Crippen molar-refractivity contribution in [2.45, 2.75) is 32.5 Å². The molecule has 0 amide bonds. The molecule has 6 heteroatoms. The van der Waals surface area contributed by atoms with E-state index < -0.39 is 0 Å². The van der Waals surface area contributed by atoms with E-state index in [1.807, 2.05) is 6.92 Å². The van der Waals surface area contributed by atoms with E-state index in [1.165, 1.54) is 0 Å². The Morgan fingerprint density at radius 3 is 3.00 bits per heavy atom. The van der Waals surface area contributed by atoms with E-state index in [2.05, 4.69) is 28.9 Å². The molecule has 19 heavy (non-hydrogen) atoms. The number of nitrogens with two attached hydrogens (primary N) is 1. The van der Waals surface area contributed by atoms with Gasteiger partial charge in [0.1, 0.15) is 0 Å².